The summed E-state index contributed by atoms with van der Waals surface area (Å²) in [6.45, 7) is 4.66. The standard InChI is InChI=1S/C24H22O11/c1-13(25)31-19-7-5-17(9-21(19)33-15(3)27)11-23(29)35-24(30)12-18-6-8-20(32-14(2)26)22(10-18)34-16(4)28/h5-10H,11-12H2,1-4H3. The van der Waals surface area contributed by atoms with Gasteiger partial charge in [0, 0.05) is 27.7 Å². The maximum Gasteiger partial charge on any atom is 0.317 e. The molecule has 0 amide bonds. The number of carbonyl (C=O) groups is 6. The second kappa shape index (κ2) is 12.1. The van der Waals surface area contributed by atoms with Crippen molar-refractivity contribution in [3.63, 3.8) is 0 Å². The third-order valence-corrected chi connectivity index (χ3v) is 3.96. The van der Waals surface area contributed by atoms with Crippen LogP contribution in [0.2, 0.25) is 0 Å². The summed E-state index contributed by atoms with van der Waals surface area (Å²) in [6, 6.07) is 8.18. The van der Waals surface area contributed by atoms with Crippen molar-refractivity contribution < 1.29 is 52.5 Å². The van der Waals surface area contributed by atoms with Crippen LogP contribution in [0.25, 0.3) is 0 Å². The van der Waals surface area contributed by atoms with E-state index < -0.39 is 35.8 Å². The number of carbonyl (C=O) groups excluding carboxylic acids is 6. The Bertz CT molecular complexity index is 1090. The maximum absolute atomic E-state index is 12.2. The number of ether oxygens (including phenoxy) is 5. The molecule has 0 saturated carbocycles. The molecule has 0 unspecified atom stereocenters. The van der Waals surface area contributed by atoms with Crippen LogP contribution in [0, 0.1) is 0 Å². The molecule has 2 aromatic rings. The van der Waals surface area contributed by atoms with E-state index in [1.54, 1.807) is 0 Å². The average Bonchev–Trinajstić information content (AvgIpc) is 2.70. The normalized spacial score (nSPS) is 10.1. The second-order valence-corrected chi connectivity index (χ2v) is 7.14. The summed E-state index contributed by atoms with van der Waals surface area (Å²) >= 11 is 0. The highest BCUT2D eigenvalue weighted by molar-refractivity contribution is 5.88. The molecule has 0 aliphatic heterocycles. The van der Waals surface area contributed by atoms with E-state index in [1.165, 1.54) is 50.2 Å². The molecule has 0 aliphatic carbocycles. The van der Waals surface area contributed by atoms with E-state index in [2.05, 4.69) is 0 Å². The van der Waals surface area contributed by atoms with Gasteiger partial charge in [-0.25, -0.2) is 0 Å². The lowest BCUT2D eigenvalue weighted by molar-refractivity contribution is -0.158. The first-order valence-corrected chi connectivity index (χ1v) is 10.2. The summed E-state index contributed by atoms with van der Waals surface area (Å²) in [5.41, 5.74) is 0.663. The van der Waals surface area contributed by atoms with Crippen LogP contribution in [-0.4, -0.2) is 35.8 Å². The second-order valence-electron chi connectivity index (χ2n) is 7.14. The third kappa shape index (κ3) is 9.08. The first-order valence-electron chi connectivity index (χ1n) is 10.2. The summed E-state index contributed by atoms with van der Waals surface area (Å²) in [6.07, 6.45) is -0.686. The van der Waals surface area contributed by atoms with Crippen molar-refractivity contribution in [3.05, 3.63) is 47.5 Å². The van der Waals surface area contributed by atoms with Crippen LogP contribution >= 0.6 is 0 Å². The van der Waals surface area contributed by atoms with Crippen molar-refractivity contribution in [1.82, 2.24) is 0 Å². The summed E-state index contributed by atoms with van der Waals surface area (Å²) in [5, 5.41) is 0. The molecule has 0 spiro atoms. The number of benzene rings is 2. The monoisotopic (exact) mass is 486 g/mol. The minimum atomic E-state index is -0.888. The van der Waals surface area contributed by atoms with Crippen molar-refractivity contribution in [2.75, 3.05) is 0 Å². The first-order chi connectivity index (χ1) is 16.4. The molecule has 0 radical (unpaired) electrons. The highest BCUT2D eigenvalue weighted by Crippen LogP contribution is 2.30. The van der Waals surface area contributed by atoms with E-state index in [-0.39, 0.29) is 35.8 Å². The van der Waals surface area contributed by atoms with Gasteiger partial charge in [0.1, 0.15) is 0 Å². The van der Waals surface area contributed by atoms with Gasteiger partial charge in [-0.1, -0.05) is 12.1 Å². The van der Waals surface area contributed by atoms with Gasteiger partial charge in [-0.05, 0) is 35.4 Å². The minimum Gasteiger partial charge on any atom is -0.423 e. The quantitative estimate of drug-likeness (QED) is 0.307. The Morgan fingerprint density at radius 3 is 1.14 bits per heavy atom. The zero-order valence-electron chi connectivity index (χ0n) is 19.4. The number of hydrogen-bond donors (Lipinski definition) is 0. The number of hydrogen-bond acceptors (Lipinski definition) is 11. The lowest BCUT2D eigenvalue weighted by atomic mass is 10.1. The zero-order valence-corrected chi connectivity index (χ0v) is 19.4. The molecule has 2 rings (SSSR count). The van der Waals surface area contributed by atoms with Gasteiger partial charge < -0.3 is 23.7 Å². The zero-order chi connectivity index (χ0) is 26.1. The van der Waals surface area contributed by atoms with Crippen LogP contribution in [0.1, 0.15) is 38.8 Å². The Morgan fingerprint density at radius 1 is 0.514 bits per heavy atom. The molecule has 0 N–H and O–H groups in total. The van der Waals surface area contributed by atoms with Gasteiger partial charge in [0.15, 0.2) is 23.0 Å². The van der Waals surface area contributed by atoms with Gasteiger partial charge in [-0.15, -0.1) is 0 Å². The Morgan fingerprint density at radius 2 is 0.829 bits per heavy atom. The van der Waals surface area contributed by atoms with Crippen molar-refractivity contribution in [1.29, 1.82) is 0 Å². The van der Waals surface area contributed by atoms with Crippen LogP contribution in [0.15, 0.2) is 36.4 Å². The van der Waals surface area contributed by atoms with Crippen molar-refractivity contribution in [2.24, 2.45) is 0 Å². The van der Waals surface area contributed by atoms with Gasteiger partial charge in [0.25, 0.3) is 0 Å². The molecule has 0 heterocycles. The highest BCUT2D eigenvalue weighted by atomic mass is 16.6. The van der Waals surface area contributed by atoms with E-state index in [1.807, 2.05) is 0 Å². The number of esters is 6. The van der Waals surface area contributed by atoms with Crippen molar-refractivity contribution in [3.8, 4) is 23.0 Å². The molecule has 35 heavy (non-hydrogen) atoms. The van der Waals surface area contributed by atoms with E-state index in [9.17, 15) is 28.8 Å². The molecular formula is C24H22O11. The van der Waals surface area contributed by atoms with Gasteiger partial charge in [-0.3, -0.25) is 28.8 Å². The van der Waals surface area contributed by atoms with Crippen LogP contribution in [0.4, 0.5) is 0 Å². The molecule has 11 heteroatoms. The Hall–Kier alpha value is -4.54. The summed E-state index contributed by atoms with van der Waals surface area (Å²) in [7, 11) is 0. The maximum atomic E-state index is 12.2. The Balaban J connectivity index is 2.08. The van der Waals surface area contributed by atoms with Gasteiger partial charge >= 0.3 is 35.8 Å². The van der Waals surface area contributed by atoms with Crippen LogP contribution < -0.4 is 18.9 Å². The van der Waals surface area contributed by atoms with E-state index >= 15 is 0 Å². The smallest absolute Gasteiger partial charge is 0.317 e. The lowest BCUT2D eigenvalue weighted by Crippen LogP contribution is -2.17. The van der Waals surface area contributed by atoms with Gasteiger partial charge in [0.05, 0.1) is 12.8 Å². The minimum absolute atomic E-state index is 0.0123. The van der Waals surface area contributed by atoms with E-state index in [0.29, 0.717) is 11.1 Å². The van der Waals surface area contributed by atoms with Gasteiger partial charge in [-0.2, -0.15) is 0 Å². The molecule has 11 nitrogen and oxygen atoms in total. The summed E-state index contributed by atoms with van der Waals surface area (Å²) < 4.78 is 24.7. The van der Waals surface area contributed by atoms with E-state index in [4.69, 9.17) is 23.7 Å². The molecule has 0 aromatic heterocycles. The first kappa shape index (κ1) is 26.7. The highest BCUT2D eigenvalue weighted by Gasteiger charge is 2.17. The average molecular weight is 486 g/mol. The van der Waals surface area contributed by atoms with Gasteiger partial charge in [0.2, 0.25) is 0 Å². The molecule has 0 aliphatic rings. The molecule has 184 valence electrons. The largest absolute Gasteiger partial charge is 0.423 e. The Labute approximate surface area is 199 Å². The SMILES string of the molecule is CC(=O)Oc1ccc(CC(=O)OC(=O)Cc2ccc(OC(C)=O)c(OC(C)=O)c2)cc1OC(C)=O. The van der Waals surface area contributed by atoms with Crippen LogP contribution in [0.3, 0.4) is 0 Å². The lowest BCUT2D eigenvalue weighted by Gasteiger charge is -2.11. The number of rotatable bonds is 8. The summed E-state index contributed by atoms with van der Waals surface area (Å²) in [4.78, 5) is 69.5. The molecule has 2 aromatic carbocycles. The predicted molar refractivity (Wildman–Crippen MR) is 117 cm³/mol. The van der Waals surface area contributed by atoms with Crippen molar-refractivity contribution in [2.45, 2.75) is 40.5 Å². The molecule has 0 saturated heterocycles. The predicted octanol–water partition coefficient (Wildman–Crippen LogP) is 2.24. The van der Waals surface area contributed by atoms with Crippen LogP contribution in [-0.2, 0) is 46.3 Å². The third-order valence-electron chi connectivity index (χ3n) is 3.96. The topological polar surface area (TPSA) is 149 Å². The molecule has 0 fully saturated rings. The summed E-state index contributed by atoms with van der Waals surface area (Å²) in [5.74, 6) is -4.54. The van der Waals surface area contributed by atoms with Crippen molar-refractivity contribution >= 4 is 35.8 Å². The fourth-order valence-corrected chi connectivity index (χ4v) is 2.80. The van der Waals surface area contributed by atoms with E-state index in [0.717, 1.165) is 13.8 Å². The fraction of sp³-hybridized carbons (Fsp3) is 0.250. The molecular weight excluding hydrogens is 464 g/mol. The molecule has 0 bridgehead atoms. The molecule has 0 atom stereocenters. The fourth-order valence-electron chi connectivity index (χ4n) is 2.80. The van der Waals surface area contributed by atoms with Crippen LogP contribution in [0.5, 0.6) is 23.0 Å². The Kier molecular flexibility index (Phi) is 9.21.